The van der Waals surface area contributed by atoms with Crippen molar-refractivity contribution in [3.63, 3.8) is 0 Å². The van der Waals surface area contributed by atoms with Gasteiger partial charge in [-0.25, -0.2) is 0 Å². The molecule has 0 amide bonds. The molecule has 0 saturated carbocycles. The van der Waals surface area contributed by atoms with E-state index in [1.807, 2.05) is 19.1 Å². The Bertz CT molecular complexity index is 438. The maximum Gasteiger partial charge on any atom is 0.134 e. The molecule has 86 valence electrons. The van der Waals surface area contributed by atoms with Gasteiger partial charge in [0, 0.05) is 0 Å². The van der Waals surface area contributed by atoms with Gasteiger partial charge in [0.05, 0.1) is 18.3 Å². The highest BCUT2D eigenvalue weighted by Crippen LogP contribution is 2.21. The van der Waals surface area contributed by atoms with Crippen LogP contribution in [0.5, 0.6) is 0 Å². The van der Waals surface area contributed by atoms with Gasteiger partial charge in [0.15, 0.2) is 0 Å². The van der Waals surface area contributed by atoms with Gasteiger partial charge in [0.1, 0.15) is 15.8 Å². The van der Waals surface area contributed by atoms with E-state index in [-0.39, 0.29) is 12.1 Å². The molecule has 1 N–H and O–H groups in total. The quantitative estimate of drug-likeness (QED) is 0.888. The Morgan fingerprint density at radius 2 is 2.12 bits per heavy atom. The lowest BCUT2D eigenvalue weighted by Gasteiger charge is -2.15. The number of aromatic nitrogens is 2. The van der Waals surface area contributed by atoms with Crippen molar-refractivity contribution in [1.29, 1.82) is 0 Å². The molecule has 4 nitrogen and oxygen atoms in total. The third-order valence-corrected chi connectivity index (χ3v) is 3.40. The van der Waals surface area contributed by atoms with Crippen LogP contribution < -0.4 is 5.32 Å². The summed E-state index contributed by atoms with van der Waals surface area (Å²) >= 11 is 1.62. The molecule has 2 aromatic rings. The molecule has 0 aromatic carbocycles. The molecule has 0 aliphatic carbocycles. The topological polar surface area (TPSA) is 51.0 Å². The summed E-state index contributed by atoms with van der Waals surface area (Å²) in [6, 6.07) is 4.23. The molecule has 5 heteroatoms. The summed E-state index contributed by atoms with van der Waals surface area (Å²) in [7, 11) is 0. The Kier molecular flexibility index (Phi) is 3.36. The zero-order valence-corrected chi connectivity index (χ0v) is 10.4. The van der Waals surface area contributed by atoms with Gasteiger partial charge in [-0.1, -0.05) is 0 Å². The maximum atomic E-state index is 5.34. The minimum Gasteiger partial charge on any atom is -0.468 e. The first-order valence-electron chi connectivity index (χ1n) is 5.26. The van der Waals surface area contributed by atoms with Crippen molar-refractivity contribution in [2.24, 2.45) is 0 Å². The maximum absolute atomic E-state index is 5.34. The predicted octanol–water partition coefficient (Wildman–Crippen LogP) is 2.85. The Hall–Kier alpha value is -1.20. The average molecular weight is 237 g/mol. The fourth-order valence-corrected chi connectivity index (χ4v) is 2.26. The fraction of sp³-hybridized carbons (Fsp3) is 0.455. The average Bonchev–Trinajstić information content (AvgIpc) is 2.87. The summed E-state index contributed by atoms with van der Waals surface area (Å²) in [4.78, 5) is 0. The lowest BCUT2D eigenvalue weighted by molar-refractivity contribution is 0.401. The predicted molar refractivity (Wildman–Crippen MR) is 63.3 cm³/mol. The van der Waals surface area contributed by atoms with Gasteiger partial charge in [0.2, 0.25) is 0 Å². The molecule has 2 rings (SSSR count). The molecule has 0 spiro atoms. The second kappa shape index (κ2) is 4.76. The second-order valence-corrected chi connectivity index (χ2v) is 5.00. The second-order valence-electron chi connectivity index (χ2n) is 3.78. The lowest BCUT2D eigenvalue weighted by Crippen LogP contribution is -2.22. The molecule has 2 aromatic heterocycles. The van der Waals surface area contributed by atoms with Crippen molar-refractivity contribution in [2.75, 3.05) is 0 Å². The molecule has 0 radical (unpaired) electrons. The van der Waals surface area contributed by atoms with E-state index in [1.54, 1.807) is 17.6 Å². The van der Waals surface area contributed by atoms with E-state index < -0.39 is 0 Å². The van der Waals surface area contributed by atoms with E-state index in [9.17, 15) is 0 Å². The van der Waals surface area contributed by atoms with E-state index in [0.717, 1.165) is 15.8 Å². The van der Waals surface area contributed by atoms with Crippen LogP contribution >= 0.6 is 11.3 Å². The van der Waals surface area contributed by atoms with Crippen LogP contribution in [0.2, 0.25) is 0 Å². The van der Waals surface area contributed by atoms with Crippen molar-refractivity contribution in [2.45, 2.75) is 32.9 Å². The van der Waals surface area contributed by atoms with E-state index >= 15 is 0 Å². The van der Waals surface area contributed by atoms with Crippen molar-refractivity contribution in [3.8, 4) is 0 Å². The van der Waals surface area contributed by atoms with E-state index in [0.29, 0.717) is 0 Å². The molecule has 0 aliphatic heterocycles. The van der Waals surface area contributed by atoms with Crippen LogP contribution in [0, 0.1) is 6.92 Å². The molecule has 2 heterocycles. The third-order valence-electron chi connectivity index (χ3n) is 2.38. The molecule has 0 aliphatic rings. The van der Waals surface area contributed by atoms with Crippen LogP contribution in [0.3, 0.4) is 0 Å². The molecule has 16 heavy (non-hydrogen) atoms. The van der Waals surface area contributed by atoms with E-state index in [2.05, 4.69) is 29.4 Å². The fourth-order valence-electron chi connectivity index (χ4n) is 1.55. The van der Waals surface area contributed by atoms with Gasteiger partial charge in [-0.3, -0.25) is 5.32 Å². The highest BCUT2D eigenvalue weighted by atomic mass is 32.1. The number of nitrogens with one attached hydrogen (secondary N) is 1. The van der Waals surface area contributed by atoms with Crippen LogP contribution in [0.15, 0.2) is 22.8 Å². The Labute approximate surface area is 98.7 Å². The summed E-state index contributed by atoms with van der Waals surface area (Å²) in [5.74, 6) is 0.938. The molecule has 0 fully saturated rings. The number of nitrogens with zero attached hydrogens (tertiary/aromatic N) is 2. The number of furan rings is 1. The summed E-state index contributed by atoms with van der Waals surface area (Å²) in [6.45, 7) is 6.12. The summed E-state index contributed by atoms with van der Waals surface area (Å²) in [6.07, 6.45) is 1.69. The SMILES string of the molecule is Cc1nnc(C(C)NC(C)c2ccco2)s1. The Morgan fingerprint density at radius 1 is 1.31 bits per heavy atom. The molecule has 0 saturated heterocycles. The molecular formula is C11H15N3OS. The van der Waals surface area contributed by atoms with Crippen molar-refractivity contribution in [3.05, 3.63) is 34.2 Å². The van der Waals surface area contributed by atoms with Crippen molar-refractivity contribution < 1.29 is 4.42 Å². The largest absolute Gasteiger partial charge is 0.468 e. The standard InChI is InChI=1S/C11H15N3OS/c1-7(10-5-4-6-15-10)12-8(2)11-14-13-9(3)16-11/h4-8,12H,1-3H3. The molecule has 0 bridgehead atoms. The zero-order valence-electron chi connectivity index (χ0n) is 9.60. The minimum absolute atomic E-state index is 0.175. The first-order valence-corrected chi connectivity index (χ1v) is 6.08. The van der Waals surface area contributed by atoms with Crippen LogP contribution in [0.25, 0.3) is 0 Å². The van der Waals surface area contributed by atoms with Gasteiger partial charge >= 0.3 is 0 Å². The number of rotatable bonds is 4. The monoisotopic (exact) mass is 237 g/mol. The highest BCUT2D eigenvalue weighted by molar-refractivity contribution is 7.11. The highest BCUT2D eigenvalue weighted by Gasteiger charge is 2.15. The van der Waals surface area contributed by atoms with Gasteiger partial charge in [-0.05, 0) is 32.9 Å². The van der Waals surface area contributed by atoms with Crippen LogP contribution in [0.1, 0.15) is 41.7 Å². The summed E-state index contributed by atoms with van der Waals surface area (Å²) in [5, 5.41) is 13.6. The van der Waals surface area contributed by atoms with Crippen LogP contribution in [-0.4, -0.2) is 10.2 Å². The number of aryl methyl sites for hydroxylation is 1. The Balaban J connectivity index is 2.00. The number of hydrogen-bond acceptors (Lipinski definition) is 5. The third kappa shape index (κ3) is 2.48. The van der Waals surface area contributed by atoms with E-state index in [4.69, 9.17) is 4.42 Å². The minimum atomic E-state index is 0.175. The van der Waals surface area contributed by atoms with Crippen LogP contribution in [-0.2, 0) is 0 Å². The van der Waals surface area contributed by atoms with Gasteiger partial charge in [-0.2, -0.15) is 0 Å². The van der Waals surface area contributed by atoms with Gasteiger partial charge in [-0.15, -0.1) is 21.5 Å². The number of hydrogen-bond donors (Lipinski definition) is 1. The van der Waals surface area contributed by atoms with Crippen molar-refractivity contribution in [1.82, 2.24) is 15.5 Å². The first-order chi connectivity index (χ1) is 7.66. The van der Waals surface area contributed by atoms with E-state index in [1.165, 1.54) is 0 Å². The molecular weight excluding hydrogens is 222 g/mol. The summed E-state index contributed by atoms with van der Waals surface area (Å²) < 4.78 is 5.34. The molecule has 2 atom stereocenters. The molecule has 2 unspecified atom stereocenters. The normalized spacial score (nSPS) is 14.9. The first kappa shape index (κ1) is 11.3. The van der Waals surface area contributed by atoms with Crippen molar-refractivity contribution >= 4 is 11.3 Å². The smallest absolute Gasteiger partial charge is 0.134 e. The van der Waals surface area contributed by atoms with Gasteiger partial charge in [0.25, 0.3) is 0 Å². The Morgan fingerprint density at radius 3 is 2.69 bits per heavy atom. The van der Waals surface area contributed by atoms with Gasteiger partial charge < -0.3 is 4.42 Å². The van der Waals surface area contributed by atoms with Crippen LogP contribution in [0.4, 0.5) is 0 Å². The summed E-state index contributed by atoms with van der Waals surface area (Å²) in [5.41, 5.74) is 0. The zero-order chi connectivity index (χ0) is 11.5. The lowest BCUT2D eigenvalue weighted by atomic mass is 10.2.